The first-order valence-corrected chi connectivity index (χ1v) is 22.0. The molecule has 4 aromatic carbocycles. The lowest BCUT2D eigenvalue weighted by molar-refractivity contribution is -0.145. The Morgan fingerprint density at radius 1 is 0.938 bits per heavy atom. The van der Waals surface area contributed by atoms with Gasteiger partial charge in [-0.15, -0.1) is 11.3 Å². The van der Waals surface area contributed by atoms with Crippen LogP contribution in [-0.4, -0.2) is 110 Å². The molecule has 10 rings (SSSR count). The number of aliphatic carboxylic acids is 1. The highest BCUT2D eigenvalue weighted by atomic mass is 35.5. The fourth-order valence-corrected chi connectivity index (χ4v) is 9.34. The summed E-state index contributed by atoms with van der Waals surface area (Å²) in [4.78, 5) is 49.1. The zero-order chi connectivity index (χ0) is 45.2. The predicted molar refractivity (Wildman–Crippen MR) is 243 cm³/mol. The molecule has 0 saturated carbocycles. The first kappa shape index (κ1) is 43.5. The molecule has 1 fully saturated rings. The molecular formula is C48H42ClFN6O8S. The Labute approximate surface area is 381 Å². The molecule has 3 aliphatic heterocycles. The number of fused-ring (bicyclic) bond motifs is 7. The van der Waals surface area contributed by atoms with Crippen LogP contribution in [-0.2, 0) is 17.8 Å². The van der Waals surface area contributed by atoms with E-state index in [-0.39, 0.29) is 36.9 Å². The number of likely N-dealkylation sites (N-methyl/N-ethyl adjacent to an activating group) is 1. The summed E-state index contributed by atoms with van der Waals surface area (Å²) in [7, 11) is 2.10. The molecule has 3 aliphatic rings. The van der Waals surface area contributed by atoms with E-state index in [9.17, 15) is 24.2 Å². The number of carboxylic acid groups (broad SMARTS) is 2. The highest BCUT2D eigenvalue weighted by Gasteiger charge is 2.30. The summed E-state index contributed by atoms with van der Waals surface area (Å²) >= 11 is 8.56. The number of aromatic nitrogens is 4. The van der Waals surface area contributed by atoms with Gasteiger partial charge in [-0.25, -0.2) is 33.9 Å². The number of carbonyl (C=O) groups is 2. The van der Waals surface area contributed by atoms with Gasteiger partial charge in [-0.05, 0) is 79.2 Å². The Morgan fingerprint density at radius 2 is 1.74 bits per heavy atom. The van der Waals surface area contributed by atoms with E-state index in [1.165, 1.54) is 42.1 Å². The van der Waals surface area contributed by atoms with Crippen LogP contribution in [0.25, 0.3) is 43.2 Å². The van der Waals surface area contributed by atoms with Crippen molar-refractivity contribution in [2.24, 2.45) is 0 Å². The number of benzene rings is 4. The van der Waals surface area contributed by atoms with E-state index < -0.39 is 30.0 Å². The van der Waals surface area contributed by atoms with Gasteiger partial charge >= 0.3 is 11.9 Å². The standard InChI is InChI=1S/C48H42ClFN6O8S/c1-27-34-12-14-38(42(27)49)63-33(23-56-19-17-55(2)18-20-56)25-61-32-11-13-37(62-24-31-15-16-51-44(54-31)35-5-3-4-6-36(35)47(57)58)29(21-32)22-39(48(59)60)64-45-41-40(34)43(65-46(41)53-26-52-45)28-7-9-30(50)10-8-28/h3-16,21,26,33,39H,17-20,22-25H2,1-2H3,(H,57,58)(H,59,60)/t33-,39-/m1/s1. The molecule has 0 aliphatic carbocycles. The third kappa shape index (κ3) is 9.42. The smallest absolute Gasteiger partial charge is 0.345 e. The second-order valence-electron chi connectivity index (χ2n) is 15.8. The fourth-order valence-electron chi connectivity index (χ4n) is 7.97. The molecule has 3 aromatic heterocycles. The number of rotatable bonds is 9. The van der Waals surface area contributed by atoms with Crippen LogP contribution in [0.15, 0.2) is 97.5 Å². The van der Waals surface area contributed by atoms with Crippen LogP contribution in [0.3, 0.4) is 0 Å². The summed E-state index contributed by atoms with van der Waals surface area (Å²) in [6.45, 7) is 6.00. The van der Waals surface area contributed by atoms with E-state index in [1.54, 1.807) is 54.6 Å². The number of aromatic carboxylic acids is 1. The zero-order valence-electron chi connectivity index (χ0n) is 35.2. The first-order valence-electron chi connectivity index (χ1n) is 20.8. The second kappa shape index (κ2) is 18.8. The van der Waals surface area contributed by atoms with Gasteiger partial charge in [0, 0.05) is 66.9 Å². The van der Waals surface area contributed by atoms with Crippen molar-refractivity contribution >= 4 is 45.1 Å². The Kier molecular flexibility index (Phi) is 12.6. The third-order valence-corrected chi connectivity index (χ3v) is 13.0. The van der Waals surface area contributed by atoms with Gasteiger partial charge in [0.25, 0.3) is 0 Å². The lowest BCUT2D eigenvalue weighted by Crippen LogP contribution is -2.49. The molecule has 2 N–H and O–H groups in total. The third-order valence-electron chi connectivity index (χ3n) is 11.4. The van der Waals surface area contributed by atoms with Crippen LogP contribution < -0.4 is 18.9 Å². The number of nitrogens with zero attached hydrogens (tertiary/aromatic N) is 6. The largest absolute Gasteiger partial charge is 0.490 e. The average Bonchev–Trinajstić information content (AvgIpc) is 3.70. The van der Waals surface area contributed by atoms with Gasteiger partial charge in [0.05, 0.1) is 21.7 Å². The maximum Gasteiger partial charge on any atom is 0.345 e. The van der Waals surface area contributed by atoms with E-state index in [1.807, 2.05) is 19.1 Å². The van der Waals surface area contributed by atoms with Crippen molar-refractivity contribution in [3.05, 3.63) is 131 Å². The molecule has 1 saturated heterocycles. The summed E-state index contributed by atoms with van der Waals surface area (Å²) in [5, 5.41) is 21.4. The van der Waals surface area contributed by atoms with Crippen molar-refractivity contribution in [1.29, 1.82) is 0 Å². The van der Waals surface area contributed by atoms with Crippen LogP contribution in [0.4, 0.5) is 4.39 Å². The van der Waals surface area contributed by atoms with E-state index in [4.69, 9.17) is 30.5 Å². The molecule has 4 bridgehead atoms. The Bertz CT molecular complexity index is 2910. The number of halogens is 2. The van der Waals surface area contributed by atoms with Crippen molar-refractivity contribution in [2.45, 2.75) is 32.2 Å². The van der Waals surface area contributed by atoms with E-state index in [0.717, 1.165) is 31.1 Å². The van der Waals surface area contributed by atoms with Crippen LogP contribution in [0, 0.1) is 12.7 Å². The molecule has 65 heavy (non-hydrogen) atoms. The number of ether oxygens (including phenoxy) is 4. The number of hydrogen-bond acceptors (Lipinski definition) is 13. The minimum absolute atomic E-state index is 0.0273. The topological polar surface area (TPSA) is 170 Å². The molecule has 14 nitrogen and oxygen atoms in total. The van der Waals surface area contributed by atoms with Gasteiger partial charge < -0.3 is 34.1 Å². The first-order chi connectivity index (χ1) is 31.5. The van der Waals surface area contributed by atoms with Crippen LogP contribution >= 0.6 is 22.9 Å². The lowest BCUT2D eigenvalue weighted by atomic mass is 9.96. The Hall–Kier alpha value is -6.72. The Morgan fingerprint density at radius 3 is 2.52 bits per heavy atom. The zero-order valence-corrected chi connectivity index (χ0v) is 36.8. The summed E-state index contributed by atoms with van der Waals surface area (Å²) in [5.41, 5.74) is 4.05. The van der Waals surface area contributed by atoms with E-state index in [2.05, 4.69) is 36.8 Å². The number of hydrogen-bond donors (Lipinski definition) is 2. The van der Waals surface area contributed by atoms with Crippen LogP contribution in [0.5, 0.6) is 23.1 Å². The molecule has 0 unspecified atom stereocenters. The van der Waals surface area contributed by atoms with Gasteiger partial charge in [0.2, 0.25) is 12.0 Å². The van der Waals surface area contributed by atoms with Crippen molar-refractivity contribution in [3.8, 4) is 56.1 Å². The molecule has 17 heteroatoms. The minimum atomic E-state index is -1.48. The van der Waals surface area contributed by atoms with Crippen molar-refractivity contribution in [3.63, 3.8) is 0 Å². The molecule has 0 spiro atoms. The normalized spacial score (nSPS) is 16.9. The molecule has 0 radical (unpaired) electrons. The van der Waals surface area contributed by atoms with Crippen molar-refractivity contribution in [2.75, 3.05) is 46.4 Å². The van der Waals surface area contributed by atoms with Gasteiger partial charge in [0.1, 0.15) is 53.5 Å². The lowest BCUT2D eigenvalue weighted by Gasteiger charge is -2.34. The quantitative estimate of drug-likeness (QED) is 0.142. The summed E-state index contributed by atoms with van der Waals surface area (Å²) in [6, 6.07) is 23.1. The van der Waals surface area contributed by atoms with E-state index >= 15 is 0 Å². The second-order valence-corrected chi connectivity index (χ2v) is 17.2. The van der Waals surface area contributed by atoms with E-state index in [0.29, 0.717) is 78.1 Å². The molecule has 7 aromatic rings. The van der Waals surface area contributed by atoms with Crippen LogP contribution in [0.2, 0.25) is 5.02 Å². The van der Waals surface area contributed by atoms with Crippen LogP contribution in [0.1, 0.15) is 27.2 Å². The molecule has 6 heterocycles. The maximum atomic E-state index is 14.3. The predicted octanol–water partition coefficient (Wildman–Crippen LogP) is 8.32. The minimum Gasteiger partial charge on any atom is -0.490 e. The molecule has 332 valence electrons. The molecule has 2 atom stereocenters. The number of piperazine rings is 1. The van der Waals surface area contributed by atoms with Gasteiger partial charge in [-0.2, -0.15) is 0 Å². The number of carboxylic acids is 2. The Balaban J connectivity index is 1.13. The SMILES string of the molecule is Cc1c2ccc(c1Cl)O[C@H](CN1CCN(C)CC1)COc1ccc(OCc3ccnc(-c4ccccc4C(=O)O)n3)c(c1)C[C@H](C(=O)O)Oc1ncnc3sc(-c4ccc(F)cc4)c-2c13. The van der Waals surface area contributed by atoms with Crippen molar-refractivity contribution < 1.29 is 43.1 Å². The van der Waals surface area contributed by atoms with Gasteiger partial charge in [-0.1, -0.05) is 48.0 Å². The molecular weight excluding hydrogens is 875 g/mol. The van der Waals surface area contributed by atoms with Gasteiger partial charge in [0.15, 0.2) is 5.82 Å². The monoisotopic (exact) mass is 916 g/mol. The van der Waals surface area contributed by atoms with Crippen molar-refractivity contribution in [1.82, 2.24) is 29.7 Å². The summed E-state index contributed by atoms with van der Waals surface area (Å²) < 4.78 is 40.2. The summed E-state index contributed by atoms with van der Waals surface area (Å²) in [6.07, 6.45) is 0.704. The molecule has 0 amide bonds. The average molecular weight is 917 g/mol. The maximum absolute atomic E-state index is 14.3. The summed E-state index contributed by atoms with van der Waals surface area (Å²) in [5.74, 6) is -1.29. The highest BCUT2D eigenvalue weighted by molar-refractivity contribution is 7.22. The number of thiophene rings is 1. The highest BCUT2D eigenvalue weighted by Crippen LogP contribution is 2.49. The fraction of sp³-hybridized carbons (Fsp3) is 0.250. The van der Waals surface area contributed by atoms with Gasteiger partial charge in [-0.3, -0.25) is 4.90 Å².